The smallest absolute Gasteiger partial charge is 0.272 e. The van der Waals surface area contributed by atoms with Crippen molar-refractivity contribution >= 4 is 11.8 Å². The molecule has 1 N–H and O–H groups in total. The van der Waals surface area contributed by atoms with E-state index < -0.39 is 0 Å². The quantitative estimate of drug-likeness (QED) is 0.825. The number of piperidine rings is 3. The molecule has 0 spiro atoms. The van der Waals surface area contributed by atoms with Crippen LogP contribution in [0.5, 0.6) is 5.75 Å². The monoisotopic (exact) mass is 411 g/mol. The molecule has 3 aliphatic heterocycles. The molecule has 4 atom stereocenters. The van der Waals surface area contributed by atoms with E-state index in [9.17, 15) is 14.7 Å². The van der Waals surface area contributed by atoms with E-state index in [2.05, 4.69) is 9.88 Å². The number of aromatic hydroxyl groups is 1. The summed E-state index contributed by atoms with van der Waals surface area (Å²) in [5.41, 5.74) is 0.396. The molecule has 4 heterocycles. The van der Waals surface area contributed by atoms with E-state index >= 15 is 0 Å². The van der Waals surface area contributed by atoms with Gasteiger partial charge in [-0.05, 0) is 55.6 Å². The molecule has 1 saturated carbocycles. The maximum atomic E-state index is 13.2. The Morgan fingerprint density at radius 1 is 1.07 bits per heavy atom. The lowest BCUT2D eigenvalue weighted by Crippen LogP contribution is -2.65. The first-order valence-electron chi connectivity index (χ1n) is 11.9. The molecule has 1 aliphatic carbocycles. The second-order valence-electron chi connectivity index (χ2n) is 9.94. The third-order valence-electron chi connectivity index (χ3n) is 8.05. The van der Waals surface area contributed by atoms with Gasteiger partial charge in [-0.2, -0.15) is 0 Å². The zero-order valence-electron chi connectivity index (χ0n) is 17.7. The summed E-state index contributed by atoms with van der Waals surface area (Å²) in [5, 5.41) is 9.50. The number of carbonyl (C=O) groups excluding carboxylic acids is 2. The summed E-state index contributed by atoms with van der Waals surface area (Å²) in [7, 11) is 0. The fourth-order valence-corrected chi connectivity index (χ4v) is 6.68. The molecule has 2 amide bonds. The summed E-state index contributed by atoms with van der Waals surface area (Å²) in [6.07, 6.45) is 12.9. The van der Waals surface area contributed by atoms with Crippen LogP contribution in [0, 0.1) is 17.8 Å². The Morgan fingerprint density at radius 2 is 1.87 bits per heavy atom. The third kappa shape index (κ3) is 3.69. The lowest BCUT2D eigenvalue weighted by atomic mass is 9.69. The molecule has 5 rings (SSSR count). The van der Waals surface area contributed by atoms with Gasteiger partial charge in [0.15, 0.2) is 0 Å². The van der Waals surface area contributed by atoms with Crippen LogP contribution in [-0.2, 0) is 4.79 Å². The minimum atomic E-state index is -0.0447. The summed E-state index contributed by atoms with van der Waals surface area (Å²) in [5.74, 6) is 1.84. The molecule has 0 unspecified atom stereocenters. The van der Waals surface area contributed by atoms with Gasteiger partial charge in [-0.25, -0.2) is 4.98 Å². The number of carbonyl (C=O) groups is 2. The molecule has 1 aromatic rings. The standard InChI is InChI=1S/C24H33N3O3/c28-19-9-10-20(25-13-19)24(30)26-14-17-12-18(15-26)22(11-16-5-2-1-3-6-16)27-21(17)7-4-8-23(27)29/h9-10,13,16-18,21-22,28H,1-8,11-12,14-15H2/t17-,18+,21+,22+/m1/s1. The van der Waals surface area contributed by atoms with Crippen LogP contribution in [0.25, 0.3) is 0 Å². The normalized spacial score (nSPS) is 32.1. The maximum absolute atomic E-state index is 13.2. The van der Waals surface area contributed by atoms with Crippen molar-refractivity contribution in [1.29, 1.82) is 0 Å². The van der Waals surface area contributed by atoms with Gasteiger partial charge in [-0.15, -0.1) is 0 Å². The van der Waals surface area contributed by atoms with Gasteiger partial charge in [0.1, 0.15) is 11.4 Å². The van der Waals surface area contributed by atoms with Crippen molar-refractivity contribution in [2.75, 3.05) is 13.1 Å². The van der Waals surface area contributed by atoms with Crippen molar-refractivity contribution in [3.63, 3.8) is 0 Å². The van der Waals surface area contributed by atoms with Gasteiger partial charge >= 0.3 is 0 Å². The van der Waals surface area contributed by atoms with Gasteiger partial charge in [-0.3, -0.25) is 9.59 Å². The van der Waals surface area contributed by atoms with E-state index in [0.29, 0.717) is 49.0 Å². The number of fused-ring (bicyclic) bond motifs is 4. The van der Waals surface area contributed by atoms with Crippen molar-refractivity contribution in [1.82, 2.24) is 14.8 Å². The van der Waals surface area contributed by atoms with E-state index in [1.165, 1.54) is 44.4 Å². The lowest BCUT2D eigenvalue weighted by Gasteiger charge is -2.57. The first-order chi connectivity index (χ1) is 14.6. The van der Waals surface area contributed by atoms with E-state index in [-0.39, 0.29) is 17.7 Å². The SMILES string of the molecule is O=C(c1ccc(O)cn1)N1C[C@H]2C[C@@H](C1)[C@H](CC1CCCCC1)N1C(=O)CCC[C@@H]21. The Morgan fingerprint density at radius 3 is 2.63 bits per heavy atom. The fourth-order valence-electron chi connectivity index (χ4n) is 6.68. The molecule has 4 fully saturated rings. The highest BCUT2D eigenvalue weighted by Gasteiger charge is 2.50. The van der Waals surface area contributed by atoms with Crippen LogP contribution in [0.1, 0.15) is 74.7 Å². The number of likely N-dealkylation sites (tertiary alicyclic amines) is 1. The lowest BCUT2D eigenvalue weighted by molar-refractivity contribution is -0.153. The van der Waals surface area contributed by atoms with Gasteiger partial charge in [0.05, 0.1) is 6.20 Å². The predicted octanol–water partition coefficient (Wildman–Crippen LogP) is 3.60. The number of hydrogen-bond acceptors (Lipinski definition) is 4. The van der Waals surface area contributed by atoms with E-state index in [4.69, 9.17) is 0 Å². The van der Waals surface area contributed by atoms with Gasteiger partial charge in [-0.1, -0.05) is 32.1 Å². The fraction of sp³-hybridized carbons (Fsp3) is 0.708. The van der Waals surface area contributed by atoms with Crippen molar-refractivity contribution in [3.8, 4) is 5.75 Å². The molecule has 6 nitrogen and oxygen atoms in total. The van der Waals surface area contributed by atoms with Gasteiger partial charge in [0, 0.05) is 31.6 Å². The second-order valence-corrected chi connectivity index (χ2v) is 9.94. The Bertz CT molecular complexity index is 789. The van der Waals surface area contributed by atoms with Crippen LogP contribution in [0.4, 0.5) is 0 Å². The molecular weight excluding hydrogens is 378 g/mol. The van der Waals surface area contributed by atoms with Crippen molar-refractivity contribution in [3.05, 3.63) is 24.0 Å². The van der Waals surface area contributed by atoms with Crippen LogP contribution < -0.4 is 0 Å². The molecule has 0 radical (unpaired) electrons. The number of amides is 2. The van der Waals surface area contributed by atoms with Crippen molar-refractivity contribution in [2.45, 2.75) is 76.3 Å². The van der Waals surface area contributed by atoms with Gasteiger partial charge in [0.2, 0.25) is 5.91 Å². The molecule has 162 valence electrons. The van der Waals surface area contributed by atoms with Gasteiger partial charge < -0.3 is 14.9 Å². The van der Waals surface area contributed by atoms with Crippen LogP contribution in [0.3, 0.4) is 0 Å². The topological polar surface area (TPSA) is 73.7 Å². The summed E-state index contributed by atoms with van der Waals surface area (Å²) < 4.78 is 0. The zero-order chi connectivity index (χ0) is 20.7. The third-order valence-corrected chi connectivity index (χ3v) is 8.05. The first-order valence-corrected chi connectivity index (χ1v) is 11.9. The number of aromatic nitrogens is 1. The summed E-state index contributed by atoms with van der Waals surface area (Å²) in [6.45, 7) is 1.42. The summed E-state index contributed by atoms with van der Waals surface area (Å²) in [4.78, 5) is 34.6. The maximum Gasteiger partial charge on any atom is 0.272 e. The molecule has 30 heavy (non-hydrogen) atoms. The molecule has 3 saturated heterocycles. The number of pyridine rings is 1. The van der Waals surface area contributed by atoms with Crippen LogP contribution >= 0.6 is 0 Å². The average Bonchev–Trinajstić information content (AvgIpc) is 2.77. The van der Waals surface area contributed by atoms with E-state index in [1.54, 1.807) is 6.07 Å². The summed E-state index contributed by atoms with van der Waals surface area (Å²) in [6, 6.07) is 3.71. The van der Waals surface area contributed by atoms with E-state index in [1.807, 2.05) is 4.90 Å². The minimum absolute atomic E-state index is 0.0447. The molecule has 4 aliphatic rings. The van der Waals surface area contributed by atoms with E-state index in [0.717, 1.165) is 31.6 Å². The summed E-state index contributed by atoms with van der Waals surface area (Å²) >= 11 is 0. The molecular formula is C24H33N3O3. The predicted molar refractivity (Wildman–Crippen MR) is 113 cm³/mol. The van der Waals surface area contributed by atoms with Crippen molar-refractivity contribution in [2.24, 2.45) is 17.8 Å². The van der Waals surface area contributed by atoms with Crippen LogP contribution in [-0.4, -0.2) is 56.9 Å². The first kappa shape index (κ1) is 19.8. The second kappa shape index (κ2) is 8.20. The molecule has 2 bridgehead atoms. The minimum Gasteiger partial charge on any atom is -0.506 e. The Labute approximate surface area is 178 Å². The Hall–Kier alpha value is -2.11. The van der Waals surface area contributed by atoms with Crippen molar-refractivity contribution < 1.29 is 14.7 Å². The van der Waals surface area contributed by atoms with Gasteiger partial charge in [0.25, 0.3) is 5.91 Å². The largest absolute Gasteiger partial charge is 0.506 e. The number of nitrogens with zero attached hydrogens (tertiary/aromatic N) is 3. The number of rotatable bonds is 3. The Balaban J connectivity index is 1.39. The van der Waals surface area contributed by atoms with Crippen LogP contribution in [0.15, 0.2) is 18.3 Å². The molecule has 6 heteroatoms. The highest BCUT2D eigenvalue weighted by atomic mass is 16.3. The highest BCUT2D eigenvalue weighted by molar-refractivity contribution is 5.92. The average molecular weight is 412 g/mol. The zero-order valence-corrected chi connectivity index (χ0v) is 17.7. The Kier molecular flexibility index (Phi) is 5.42. The molecule has 1 aromatic heterocycles. The molecule has 0 aromatic carbocycles. The highest BCUT2D eigenvalue weighted by Crippen LogP contribution is 2.44. The number of hydrogen-bond donors (Lipinski definition) is 1. The van der Waals surface area contributed by atoms with Crippen LogP contribution in [0.2, 0.25) is 0 Å².